The quantitative estimate of drug-likeness (QED) is 0.140. The van der Waals surface area contributed by atoms with Gasteiger partial charge in [0.1, 0.15) is 11.1 Å². The highest BCUT2D eigenvalue weighted by atomic mass is 16.6. The van der Waals surface area contributed by atoms with Gasteiger partial charge in [-0.05, 0) is 39.2 Å². The Morgan fingerprint density at radius 1 is 1.25 bits per heavy atom. The lowest BCUT2D eigenvalue weighted by Gasteiger charge is -2.45. The summed E-state index contributed by atoms with van der Waals surface area (Å²) in [5.41, 5.74) is 5.07. The number of hydrogen-bond donors (Lipinski definition) is 3. The third kappa shape index (κ3) is 8.24. The topological polar surface area (TPSA) is 170 Å². The minimum atomic E-state index is -1.65. The number of oxime groups is 1. The van der Waals surface area contributed by atoms with Crippen LogP contribution in [-0.4, -0.2) is 76.5 Å². The number of aliphatic carboxylic acids is 2. The Kier molecular flexibility index (Phi) is 9.82. The van der Waals surface area contributed by atoms with Crippen molar-refractivity contribution in [3.63, 3.8) is 0 Å². The number of rotatable bonds is 10. The summed E-state index contributed by atoms with van der Waals surface area (Å²) < 4.78 is 17.2. The van der Waals surface area contributed by atoms with Crippen LogP contribution in [0.3, 0.4) is 0 Å². The zero-order chi connectivity index (χ0) is 26.9. The Balaban J connectivity index is 2.18. The number of amidine groups is 1. The van der Waals surface area contributed by atoms with Gasteiger partial charge >= 0.3 is 18.0 Å². The standard InChI is InChI=1S/C24H33N3O9/c1-23(2,3)35-22(32)27(4)24(21(25)26-36-18(20(30)31)12-19(28)29)11-10-17(34-15-24)14-33-13-16-8-6-5-7-9-16/h5-9,12,17H,10-11,13-15H2,1-4H3,(H2,25,26)(H,28,29)(H,30,31). The second-order valence-electron chi connectivity index (χ2n) is 9.26. The summed E-state index contributed by atoms with van der Waals surface area (Å²) in [5.74, 6) is -4.43. The molecule has 12 heteroatoms. The van der Waals surface area contributed by atoms with E-state index in [0.29, 0.717) is 25.7 Å². The number of carbonyl (C=O) groups is 3. The number of nitrogens with zero attached hydrogens (tertiary/aromatic N) is 2. The summed E-state index contributed by atoms with van der Waals surface area (Å²) in [4.78, 5) is 41.0. The molecule has 4 N–H and O–H groups in total. The van der Waals surface area contributed by atoms with E-state index >= 15 is 0 Å². The Morgan fingerprint density at radius 2 is 1.92 bits per heavy atom. The molecule has 0 aliphatic carbocycles. The fourth-order valence-electron chi connectivity index (χ4n) is 3.39. The highest BCUT2D eigenvalue weighted by Gasteiger charge is 2.47. The van der Waals surface area contributed by atoms with E-state index in [4.69, 9.17) is 35.0 Å². The molecule has 12 nitrogen and oxygen atoms in total. The summed E-state index contributed by atoms with van der Waals surface area (Å²) in [6, 6.07) is 9.65. The average molecular weight is 508 g/mol. The molecular formula is C24H33N3O9. The number of hydrogen-bond acceptors (Lipinski definition) is 8. The molecular weight excluding hydrogens is 474 g/mol. The maximum atomic E-state index is 12.9. The van der Waals surface area contributed by atoms with E-state index in [2.05, 4.69) is 5.16 Å². The van der Waals surface area contributed by atoms with Gasteiger partial charge in [-0.1, -0.05) is 35.5 Å². The van der Waals surface area contributed by atoms with Crippen molar-refractivity contribution in [2.24, 2.45) is 10.9 Å². The Hall–Kier alpha value is -3.64. The summed E-state index contributed by atoms with van der Waals surface area (Å²) in [6.45, 7) is 5.73. The molecule has 1 aromatic carbocycles. The lowest BCUT2D eigenvalue weighted by Crippen LogP contribution is -2.64. The number of amides is 1. The summed E-state index contributed by atoms with van der Waals surface area (Å²) >= 11 is 0. The summed E-state index contributed by atoms with van der Waals surface area (Å²) in [6.07, 6.45) is 0.0355. The van der Waals surface area contributed by atoms with Gasteiger partial charge in [0, 0.05) is 7.05 Å². The second-order valence-corrected chi connectivity index (χ2v) is 9.26. The Labute approximate surface area is 209 Å². The largest absolute Gasteiger partial charge is 0.478 e. The molecule has 0 bridgehead atoms. The van der Waals surface area contributed by atoms with Gasteiger partial charge < -0.3 is 35.0 Å². The zero-order valence-corrected chi connectivity index (χ0v) is 20.8. The van der Waals surface area contributed by atoms with Crippen molar-refractivity contribution in [1.29, 1.82) is 0 Å². The SMILES string of the molecule is CN(C(=O)OC(C)(C)C)C1(C(N)=NOC(=CC(=O)O)C(=O)O)CCC(COCc2ccccc2)OC1. The number of nitrogens with two attached hydrogens (primary N) is 1. The van der Waals surface area contributed by atoms with Crippen LogP contribution in [-0.2, 0) is 35.2 Å². The molecule has 2 atom stereocenters. The van der Waals surface area contributed by atoms with Gasteiger partial charge in [0.05, 0.1) is 32.0 Å². The number of carboxylic acid groups (broad SMARTS) is 2. The third-order valence-corrected chi connectivity index (χ3v) is 5.35. The zero-order valence-electron chi connectivity index (χ0n) is 20.8. The van der Waals surface area contributed by atoms with Gasteiger partial charge in [-0.15, -0.1) is 0 Å². The lowest BCUT2D eigenvalue weighted by molar-refractivity contribution is -0.138. The van der Waals surface area contributed by atoms with Gasteiger partial charge in [0.2, 0.25) is 5.76 Å². The predicted molar refractivity (Wildman–Crippen MR) is 128 cm³/mol. The number of carbonyl (C=O) groups excluding carboxylic acids is 1. The molecule has 1 aliphatic rings. The molecule has 198 valence electrons. The van der Waals surface area contributed by atoms with E-state index in [-0.39, 0.29) is 25.0 Å². The summed E-state index contributed by atoms with van der Waals surface area (Å²) in [7, 11) is 1.46. The van der Waals surface area contributed by atoms with E-state index in [0.717, 1.165) is 5.56 Å². The molecule has 1 fully saturated rings. The van der Waals surface area contributed by atoms with Crippen LogP contribution in [0.5, 0.6) is 0 Å². The van der Waals surface area contributed by atoms with Crippen LogP contribution >= 0.6 is 0 Å². The smallest absolute Gasteiger partial charge is 0.410 e. The monoisotopic (exact) mass is 507 g/mol. The lowest BCUT2D eigenvalue weighted by atomic mass is 9.87. The van der Waals surface area contributed by atoms with Crippen molar-refractivity contribution in [3.8, 4) is 0 Å². The van der Waals surface area contributed by atoms with Gasteiger partial charge in [-0.2, -0.15) is 0 Å². The molecule has 2 unspecified atom stereocenters. The molecule has 0 saturated carbocycles. The second kappa shape index (κ2) is 12.4. The van der Waals surface area contributed by atoms with Gasteiger partial charge in [0.25, 0.3) is 0 Å². The molecule has 1 aromatic rings. The average Bonchev–Trinajstić information content (AvgIpc) is 2.80. The predicted octanol–water partition coefficient (Wildman–Crippen LogP) is 2.33. The normalized spacial score (nSPS) is 20.9. The van der Waals surface area contributed by atoms with Gasteiger partial charge in [-0.25, -0.2) is 14.4 Å². The van der Waals surface area contributed by atoms with E-state index in [9.17, 15) is 14.4 Å². The van der Waals surface area contributed by atoms with Crippen LogP contribution in [0.1, 0.15) is 39.2 Å². The van der Waals surface area contributed by atoms with E-state index in [1.807, 2.05) is 30.3 Å². The first-order valence-corrected chi connectivity index (χ1v) is 11.2. The van der Waals surface area contributed by atoms with Crippen LogP contribution in [0.2, 0.25) is 0 Å². The van der Waals surface area contributed by atoms with Crippen molar-refractivity contribution < 1.29 is 43.6 Å². The first-order chi connectivity index (χ1) is 16.8. The fraction of sp³-hybridized carbons (Fsp3) is 0.500. The number of ether oxygens (including phenoxy) is 3. The van der Waals surface area contributed by atoms with Crippen molar-refractivity contribution in [2.45, 2.75) is 57.5 Å². The van der Waals surface area contributed by atoms with Crippen molar-refractivity contribution in [2.75, 3.05) is 20.3 Å². The highest BCUT2D eigenvalue weighted by molar-refractivity contribution is 5.94. The highest BCUT2D eigenvalue weighted by Crippen LogP contribution is 2.30. The van der Waals surface area contributed by atoms with Crippen molar-refractivity contribution in [3.05, 3.63) is 47.7 Å². The molecule has 0 spiro atoms. The fourth-order valence-corrected chi connectivity index (χ4v) is 3.39. The van der Waals surface area contributed by atoms with Crippen molar-refractivity contribution in [1.82, 2.24) is 4.90 Å². The van der Waals surface area contributed by atoms with Gasteiger partial charge in [0.15, 0.2) is 5.84 Å². The Bertz CT molecular complexity index is 978. The molecule has 36 heavy (non-hydrogen) atoms. The van der Waals surface area contributed by atoms with Crippen molar-refractivity contribution >= 4 is 23.9 Å². The van der Waals surface area contributed by atoms with E-state index in [1.54, 1.807) is 20.8 Å². The molecule has 1 aliphatic heterocycles. The van der Waals surface area contributed by atoms with E-state index < -0.39 is 34.9 Å². The molecule has 1 heterocycles. The first-order valence-electron chi connectivity index (χ1n) is 11.2. The van der Waals surface area contributed by atoms with Crippen LogP contribution < -0.4 is 5.73 Å². The minimum Gasteiger partial charge on any atom is -0.478 e. The summed E-state index contributed by atoms with van der Waals surface area (Å²) in [5, 5.41) is 21.6. The Morgan fingerprint density at radius 3 is 2.44 bits per heavy atom. The number of benzene rings is 1. The van der Waals surface area contributed by atoms with Crippen LogP contribution in [0.4, 0.5) is 4.79 Å². The molecule has 1 saturated heterocycles. The van der Waals surface area contributed by atoms with Crippen LogP contribution in [0.25, 0.3) is 0 Å². The molecule has 2 rings (SSSR count). The number of likely N-dealkylation sites (N-methyl/N-ethyl adjacent to an activating group) is 1. The van der Waals surface area contributed by atoms with Crippen LogP contribution in [0, 0.1) is 0 Å². The third-order valence-electron chi connectivity index (χ3n) is 5.35. The maximum Gasteiger partial charge on any atom is 0.410 e. The molecule has 1 amide bonds. The molecule has 0 radical (unpaired) electrons. The first kappa shape index (κ1) is 28.6. The minimum absolute atomic E-state index is 0.105. The maximum absolute atomic E-state index is 12.9. The van der Waals surface area contributed by atoms with Crippen LogP contribution in [0.15, 0.2) is 47.3 Å². The molecule has 0 aromatic heterocycles. The van der Waals surface area contributed by atoms with E-state index in [1.165, 1.54) is 11.9 Å². The number of carboxylic acids is 2. The van der Waals surface area contributed by atoms with Gasteiger partial charge in [-0.3, -0.25) is 4.90 Å².